The topological polar surface area (TPSA) is 89.4 Å². The van der Waals surface area contributed by atoms with Crippen molar-refractivity contribution in [3.8, 4) is 0 Å². The summed E-state index contributed by atoms with van der Waals surface area (Å²) in [5, 5.41) is 0. The summed E-state index contributed by atoms with van der Waals surface area (Å²) >= 11 is 0. The minimum absolute atomic E-state index is 0.0893. The zero-order valence-corrected chi connectivity index (χ0v) is 12.4. The standard InChI is InChI=1S/C15H27N3O2/c1-10-12(3-2-4-13(10)16)15(20)18-7-5-11(6-8-18)9-14(17)19/h10-13H,2-9,16H2,1H3,(H2,17,19). The van der Waals surface area contributed by atoms with Crippen molar-refractivity contribution in [2.45, 2.75) is 51.5 Å². The quantitative estimate of drug-likeness (QED) is 0.804. The molecule has 0 aromatic rings. The molecule has 1 aliphatic carbocycles. The molecule has 0 radical (unpaired) electrons. The molecule has 1 saturated carbocycles. The van der Waals surface area contributed by atoms with Crippen LogP contribution in [0, 0.1) is 17.8 Å². The molecule has 3 atom stereocenters. The van der Waals surface area contributed by atoms with E-state index in [0.29, 0.717) is 12.3 Å². The monoisotopic (exact) mass is 281 g/mol. The van der Waals surface area contributed by atoms with Gasteiger partial charge in [0.25, 0.3) is 0 Å². The first-order chi connectivity index (χ1) is 9.49. The van der Waals surface area contributed by atoms with E-state index in [-0.39, 0.29) is 29.7 Å². The third kappa shape index (κ3) is 3.51. The number of likely N-dealkylation sites (tertiary alicyclic amines) is 1. The Bertz CT molecular complexity index is 364. The van der Waals surface area contributed by atoms with Crippen LogP contribution in [0.3, 0.4) is 0 Å². The van der Waals surface area contributed by atoms with Gasteiger partial charge in [-0.15, -0.1) is 0 Å². The molecule has 5 nitrogen and oxygen atoms in total. The Kier molecular flexibility index (Phi) is 5.02. The average Bonchev–Trinajstić information content (AvgIpc) is 2.41. The fraction of sp³-hybridized carbons (Fsp3) is 0.867. The first-order valence-electron chi connectivity index (χ1n) is 7.81. The van der Waals surface area contributed by atoms with Crippen LogP contribution in [0.25, 0.3) is 0 Å². The van der Waals surface area contributed by atoms with Gasteiger partial charge in [-0.3, -0.25) is 9.59 Å². The van der Waals surface area contributed by atoms with Crippen molar-refractivity contribution in [3.63, 3.8) is 0 Å². The highest BCUT2D eigenvalue weighted by molar-refractivity contribution is 5.79. The van der Waals surface area contributed by atoms with E-state index in [1.807, 2.05) is 4.90 Å². The first kappa shape index (κ1) is 15.3. The molecular weight excluding hydrogens is 254 g/mol. The van der Waals surface area contributed by atoms with E-state index in [9.17, 15) is 9.59 Å². The molecule has 0 aromatic carbocycles. The van der Waals surface area contributed by atoms with E-state index in [1.54, 1.807) is 0 Å². The summed E-state index contributed by atoms with van der Waals surface area (Å²) in [4.78, 5) is 25.5. The second kappa shape index (κ2) is 6.57. The Morgan fingerprint density at radius 1 is 1.15 bits per heavy atom. The van der Waals surface area contributed by atoms with Gasteiger partial charge in [-0.1, -0.05) is 13.3 Å². The summed E-state index contributed by atoms with van der Waals surface area (Å²) < 4.78 is 0. The van der Waals surface area contributed by atoms with Gasteiger partial charge in [-0.05, 0) is 37.5 Å². The van der Waals surface area contributed by atoms with Crippen LogP contribution in [0.1, 0.15) is 45.4 Å². The summed E-state index contributed by atoms with van der Waals surface area (Å²) in [6.07, 6.45) is 5.29. The molecule has 5 heteroatoms. The number of piperidine rings is 1. The Hall–Kier alpha value is -1.10. The number of nitrogens with two attached hydrogens (primary N) is 2. The van der Waals surface area contributed by atoms with Crippen LogP contribution in [-0.2, 0) is 9.59 Å². The van der Waals surface area contributed by atoms with Gasteiger partial charge in [0.2, 0.25) is 11.8 Å². The Balaban J connectivity index is 1.86. The number of hydrogen-bond donors (Lipinski definition) is 2. The van der Waals surface area contributed by atoms with Gasteiger partial charge in [-0.25, -0.2) is 0 Å². The van der Waals surface area contributed by atoms with E-state index in [0.717, 1.165) is 45.2 Å². The average molecular weight is 281 g/mol. The second-order valence-corrected chi connectivity index (χ2v) is 6.50. The molecule has 0 spiro atoms. The summed E-state index contributed by atoms with van der Waals surface area (Å²) in [5.74, 6) is 0.750. The maximum Gasteiger partial charge on any atom is 0.226 e. The Morgan fingerprint density at radius 2 is 1.80 bits per heavy atom. The number of primary amides is 1. The largest absolute Gasteiger partial charge is 0.370 e. The zero-order valence-electron chi connectivity index (χ0n) is 12.4. The molecule has 0 aromatic heterocycles. The fourth-order valence-corrected chi connectivity index (χ4v) is 3.62. The molecule has 114 valence electrons. The molecule has 4 N–H and O–H groups in total. The van der Waals surface area contributed by atoms with Crippen LogP contribution in [0.4, 0.5) is 0 Å². The lowest BCUT2D eigenvalue weighted by molar-refractivity contribution is -0.140. The van der Waals surface area contributed by atoms with Gasteiger partial charge in [0, 0.05) is 31.5 Å². The number of carbonyl (C=O) groups excluding carboxylic acids is 2. The van der Waals surface area contributed by atoms with Gasteiger partial charge in [0.05, 0.1) is 0 Å². The zero-order chi connectivity index (χ0) is 14.7. The maximum atomic E-state index is 12.6. The first-order valence-corrected chi connectivity index (χ1v) is 7.81. The van der Waals surface area contributed by atoms with Crippen molar-refractivity contribution < 1.29 is 9.59 Å². The maximum absolute atomic E-state index is 12.6. The smallest absolute Gasteiger partial charge is 0.226 e. The highest BCUT2D eigenvalue weighted by Gasteiger charge is 2.36. The normalized spacial score (nSPS) is 32.1. The van der Waals surface area contributed by atoms with Crippen LogP contribution in [-0.4, -0.2) is 35.8 Å². The van der Waals surface area contributed by atoms with Crippen LogP contribution < -0.4 is 11.5 Å². The van der Waals surface area contributed by atoms with Gasteiger partial charge in [0.15, 0.2) is 0 Å². The summed E-state index contributed by atoms with van der Waals surface area (Å²) in [5.41, 5.74) is 11.3. The van der Waals surface area contributed by atoms with Crippen LogP contribution >= 0.6 is 0 Å². The lowest BCUT2D eigenvalue weighted by atomic mass is 9.76. The van der Waals surface area contributed by atoms with Crippen LogP contribution in [0.2, 0.25) is 0 Å². The summed E-state index contributed by atoms with van der Waals surface area (Å²) in [6.45, 7) is 3.62. The molecule has 20 heavy (non-hydrogen) atoms. The highest BCUT2D eigenvalue weighted by atomic mass is 16.2. The van der Waals surface area contributed by atoms with Crippen molar-refractivity contribution in [1.29, 1.82) is 0 Å². The third-order valence-electron chi connectivity index (χ3n) is 5.10. The highest BCUT2D eigenvalue weighted by Crippen LogP contribution is 2.32. The molecule has 3 unspecified atom stereocenters. The Labute approximate surface area is 121 Å². The molecule has 2 fully saturated rings. The molecule has 1 saturated heterocycles. The van der Waals surface area contributed by atoms with E-state index in [1.165, 1.54) is 0 Å². The van der Waals surface area contributed by atoms with Crippen LogP contribution in [0.5, 0.6) is 0 Å². The van der Waals surface area contributed by atoms with E-state index < -0.39 is 0 Å². The number of hydrogen-bond acceptors (Lipinski definition) is 3. The number of nitrogens with zero attached hydrogens (tertiary/aromatic N) is 1. The summed E-state index contributed by atoms with van der Waals surface area (Å²) in [7, 11) is 0. The third-order valence-corrected chi connectivity index (χ3v) is 5.10. The molecule has 2 rings (SSSR count). The van der Waals surface area contributed by atoms with Gasteiger partial charge in [0.1, 0.15) is 0 Å². The molecule has 2 aliphatic rings. The van der Waals surface area contributed by atoms with Crippen molar-refractivity contribution in [1.82, 2.24) is 4.90 Å². The number of carbonyl (C=O) groups is 2. The molecule has 1 aliphatic heterocycles. The SMILES string of the molecule is CC1C(N)CCCC1C(=O)N1CCC(CC(N)=O)CC1. The van der Waals surface area contributed by atoms with Gasteiger partial charge in [-0.2, -0.15) is 0 Å². The van der Waals surface area contributed by atoms with Crippen molar-refractivity contribution in [2.75, 3.05) is 13.1 Å². The van der Waals surface area contributed by atoms with E-state index in [4.69, 9.17) is 11.5 Å². The predicted octanol–water partition coefficient (Wildman–Crippen LogP) is 0.864. The summed E-state index contributed by atoms with van der Waals surface area (Å²) in [6, 6.07) is 0.158. The lowest BCUT2D eigenvalue weighted by Gasteiger charge is -2.39. The Morgan fingerprint density at radius 3 is 2.40 bits per heavy atom. The van der Waals surface area contributed by atoms with Gasteiger partial charge < -0.3 is 16.4 Å². The molecule has 0 bridgehead atoms. The fourth-order valence-electron chi connectivity index (χ4n) is 3.62. The van der Waals surface area contributed by atoms with Gasteiger partial charge >= 0.3 is 0 Å². The van der Waals surface area contributed by atoms with E-state index in [2.05, 4.69) is 6.92 Å². The predicted molar refractivity (Wildman–Crippen MR) is 77.6 cm³/mol. The minimum Gasteiger partial charge on any atom is -0.370 e. The number of amides is 2. The second-order valence-electron chi connectivity index (χ2n) is 6.50. The van der Waals surface area contributed by atoms with Crippen molar-refractivity contribution in [2.24, 2.45) is 29.2 Å². The molecular formula is C15H27N3O2. The molecule has 1 heterocycles. The van der Waals surface area contributed by atoms with Crippen molar-refractivity contribution >= 4 is 11.8 Å². The number of rotatable bonds is 3. The van der Waals surface area contributed by atoms with Crippen molar-refractivity contribution in [3.05, 3.63) is 0 Å². The van der Waals surface area contributed by atoms with E-state index >= 15 is 0 Å². The molecule has 2 amide bonds. The van der Waals surface area contributed by atoms with Crippen LogP contribution in [0.15, 0.2) is 0 Å². The lowest BCUT2D eigenvalue weighted by Crippen LogP contribution is -2.48. The minimum atomic E-state index is -0.235.